The van der Waals surface area contributed by atoms with Crippen molar-refractivity contribution in [2.45, 2.75) is 52.6 Å². The molecule has 0 fully saturated rings. The molecule has 1 unspecified atom stereocenters. The van der Waals surface area contributed by atoms with Crippen LogP contribution >= 0.6 is 0 Å². The lowest BCUT2D eigenvalue weighted by molar-refractivity contribution is -0.141. The van der Waals surface area contributed by atoms with Crippen molar-refractivity contribution in [1.82, 2.24) is 0 Å². The molecule has 1 atom stereocenters. The summed E-state index contributed by atoms with van der Waals surface area (Å²) in [5.74, 6) is -0.278. The van der Waals surface area contributed by atoms with Crippen molar-refractivity contribution in [2.75, 3.05) is 7.11 Å². The molecular formula is C14H24O3. The number of aliphatic hydroxyl groups excluding tert-OH is 1. The molecule has 0 aliphatic rings. The van der Waals surface area contributed by atoms with Gasteiger partial charge in [-0.3, -0.25) is 4.79 Å². The summed E-state index contributed by atoms with van der Waals surface area (Å²) >= 11 is 0. The van der Waals surface area contributed by atoms with Gasteiger partial charge in [0.25, 0.3) is 0 Å². The van der Waals surface area contributed by atoms with E-state index in [1.165, 1.54) is 12.7 Å². The Balaban J connectivity index is 3.93. The van der Waals surface area contributed by atoms with Crippen LogP contribution in [0.5, 0.6) is 0 Å². The highest BCUT2D eigenvalue weighted by atomic mass is 16.5. The molecule has 0 bridgehead atoms. The van der Waals surface area contributed by atoms with Crippen molar-refractivity contribution >= 4 is 5.97 Å². The quantitative estimate of drug-likeness (QED) is 0.549. The van der Waals surface area contributed by atoms with Crippen molar-refractivity contribution < 1.29 is 14.6 Å². The van der Waals surface area contributed by atoms with Crippen molar-refractivity contribution in [3.63, 3.8) is 0 Å². The minimum Gasteiger partial charge on any atom is -0.469 e. The lowest BCUT2D eigenvalue weighted by Gasteiger charge is -2.06. The van der Waals surface area contributed by atoms with Crippen LogP contribution in [-0.4, -0.2) is 24.3 Å². The van der Waals surface area contributed by atoms with Gasteiger partial charge in [-0.05, 0) is 40.0 Å². The van der Waals surface area contributed by atoms with E-state index in [-0.39, 0.29) is 12.4 Å². The second-order valence-electron chi connectivity index (χ2n) is 4.52. The Morgan fingerprint density at radius 3 is 2.47 bits per heavy atom. The van der Waals surface area contributed by atoms with E-state index in [2.05, 4.69) is 24.7 Å². The van der Waals surface area contributed by atoms with Gasteiger partial charge in [-0.1, -0.05) is 23.3 Å². The van der Waals surface area contributed by atoms with E-state index in [9.17, 15) is 9.90 Å². The van der Waals surface area contributed by atoms with E-state index in [1.54, 1.807) is 0 Å². The molecule has 1 N–H and O–H groups in total. The number of rotatable bonds is 7. The van der Waals surface area contributed by atoms with Gasteiger partial charge in [-0.15, -0.1) is 0 Å². The molecule has 0 saturated carbocycles. The first kappa shape index (κ1) is 15.9. The van der Waals surface area contributed by atoms with E-state index in [0.717, 1.165) is 18.4 Å². The van der Waals surface area contributed by atoms with Crippen LogP contribution in [0.2, 0.25) is 0 Å². The third-order valence-electron chi connectivity index (χ3n) is 2.44. The average Bonchev–Trinajstić information content (AvgIpc) is 2.25. The fraction of sp³-hybridized carbons (Fsp3) is 0.643. The van der Waals surface area contributed by atoms with E-state index in [0.29, 0.717) is 6.42 Å². The first-order valence-electron chi connectivity index (χ1n) is 6.01. The predicted octanol–water partition coefficient (Wildman–Crippen LogP) is 2.99. The number of carbonyl (C=O) groups is 1. The molecular weight excluding hydrogens is 216 g/mol. The standard InChI is InChI=1S/C14H24O3/c1-11(2)6-5-7-12(3)10-13(15)8-9-14(16)17-4/h6,10,13,15H,5,7-9H2,1-4H3. The number of methoxy groups -OCH3 is 1. The molecule has 0 radical (unpaired) electrons. The van der Waals surface area contributed by atoms with Crippen LogP contribution in [0.1, 0.15) is 46.5 Å². The molecule has 0 aromatic carbocycles. The summed E-state index contributed by atoms with van der Waals surface area (Å²) in [4.78, 5) is 10.9. The Morgan fingerprint density at radius 1 is 1.29 bits per heavy atom. The third-order valence-corrected chi connectivity index (χ3v) is 2.44. The van der Waals surface area contributed by atoms with Crippen LogP contribution < -0.4 is 0 Å². The Morgan fingerprint density at radius 2 is 1.94 bits per heavy atom. The minimum atomic E-state index is -0.555. The lowest BCUT2D eigenvalue weighted by atomic mass is 10.1. The molecule has 3 nitrogen and oxygen atoms in total. The minimum absolute atomic E-state index is 0.259. The fourth-order valence-corrected chi connectivity index (χ4v) is 1.45. The number of allylic oxidation sites excluding steroid dienone is 3. The topological polar surface area (TPSA) is 46.5 Å². The summed E-state index contributed by atoms with van der Waals surface area (Å²) in [6.45, 7) is 6.15. The molecule has 0 heterocycles. The molecule has 0 amide bonds. The van der Waals surface area contributed by atoms with Gasteiger partial charge in [0.15, 0.2) is 0 Å². The van der Waals surface area contributed by atoms with E-state index in [4.69, 9.17) is 0 Å². The fourth-order valence-electron chi connectivity index (χ4n) is 1.45. The van der Waals surface area contributed by atoms with Crippen molar-refractivity contribution in [3.05, 3.63) is 23.3 Å². The molecule has 0 saturated heterocycles. The SMILES string of the molecule is COC(=O)CCC(O)C=C(C)CCC=C(C)C. The summed E-state index contributed by atoms with van der Waals surface area (Å²) in [5.41, 5.74) is 2.46. The zero-order valence-electron chi connectivity index (χ0n) is 11.3. The Labute approximate surface area is 104 Å². The van der Waals surface area contributed by atoms with Gasteiger partial charge in [0, 0.05) is 6.42 Å². The molecule has 0 rings (SSSR count). The molecule has 17 heavy (non-hydrogen) atoms. The Kier molecular flexibility index (Phi) is 8.42. The molecule has 0 aliphatic heterocycles. The highest BCUT2D eigenvalue weighted by Gasteiger charge is 2.05. The zero-order valence-corrected chi connectivity index (χ0v) is 11.3. The monoisotopic (exact) mass is 240 g/mol. The van der Waals surface area contributed by atoms with Crippen LogP contribution in [0.3, 0.4) is 0 Å². The molecule has 3 heteroatoms. The van der Waals surface area contributed by atoms with Crippen LogP contribution in [0.25, 0.3) is 0 Å². The van der Waals surface area contributed by atoms with E-state index < -0.39 is 6.10 Å². The van der Waals surface area contributed by atoms with Crippen molar-refractivity contribution in [3.8, 4) is 0 Å². The normalized spacial score (nSPS) is 13.1. The van der Waals surface area contributed by atoms with Crippen LogP contribution in [0.4, 0.5) is 0 Å². The molecule has 0 spiro atoms. The lowest BCUT2D eigenvalue weighted by Crippen LogP contribution is -2.08. The summed E-state index contributed by atoms with van der Waals surface area (Å²) in [5, 5.41) is 9.67. The maximum absolute atomic E-state index is 10.9. The van der Waals surface area contributed by atoms with E-state index in [1.807, 2.05) is 13.0 Å². The highest BCUT2D eigenvalue weighted by molar-refractivity contribution is 5.69. The number of aliphatic hydroxyl groups is 1. The Hall–Kier alpha value is -1.09. The van der Waals surface area contributed by atoms with Gasteiger partial charge in [0.05, 0.1) is 13.2 Å². The van der Waals surface area contributed by atoms with Crippen molar-refractivity contribution in [1.29, 1.82) is 0 Å². The van der Waals surface area contributed by atoms with Gasteiger partial charge in [0.2, 0.25) is 0 Å². The summed E-state index contributed by atoms with van der Waals surface area (Å²) in [6, 6.07) is 0. The van der Waals surface area contributed by atoms with Crippen molar-refractivity contribution in [2.24, 2.45) is 0 Å². The smallest absolute Gasteiger partial charge is 0.305 e. The first-order chi connectivity index (χ1) is 7.95. The average molecular weight is 240 g/mol. The molecule has 0 aliphatic carbocycles. The second kappa shape index (κ2) is 8.99. The predicted molar refractivity (Wildman–Crippen MR) is 69.7 cm³/mol. The second-order valence-corrected chi connectivity index (χ2v) is 4.52. The number of esters is 1. The third kappa shape index (κ3) is 9.82. The maximum atomic E-state index is 10.9. The number of hydrogen-bond acceptors (Lipinski definition) is 3. The van der Waals surface area contributed by atoms with Crippen LogP contribution in [0, 0.1) is 0 Å². The van der Waals surface area contributed by atoms with Gasteiger partial charge < -0.3 is 9.84 Å². The van der Waals surface area contributed by atoms with Gasteiger partial charge in [-0.25, -0.2) is 0 Å². The van der Waals surface area contributed by atoms with Crippen LogP contribution in [0.15, 0.2) is 23.3 Å². The number of hydrogen-bond donors (Lipinski definition) is 1. The maximum Gasteiger partial charge on any atom is 0.305 e. The highest BCUT2D eigenvalue weighted by Crippen LogP contribution is 2.10. The van der Waals surface area contributed by atoms with Crippen LogP contribution in [-0.2, 0) is 9.53 Å². The zero-order chi connectivity index (χ0) is 13.3. The summed E-state index contributed by atoms with van der Waals surface area (Å²) in [7, 11) is 1.36. The first-order valence-corrected chi connectivity index (χ1v) is 6.01. The summed E-state index contributed by atoms with van der Waals surface area (Å²) < 4.78 is 4.52. The van der Waals surface area contributed by atoms with Gasteiger partial charge >= 0.3 is 5.97 Å². The van der Waals surface area contributed by atoms with Gasteiger partial charge in [0.1, 0.15) is 0 Å². The van der Waals surface area contributed by atoms with E-state index >= 15 is 0 Å². The molecule has 0 aromatic rings. The molecule has 0 aromatic heterocycles. The van der Waals surface area contributed by atoms with Gasteiger partial charge in [-0.2, -0.15) is 0 Å². The Bertz CT molecular complexity index is 286. The molecule has 98 valence electrons. The number of ether oxygens (including phenoxy) is 1. The summed E-state index contributed by atoms with van der Waals surface area (Å²) in [6.07, 6.45) is 6.07. The largest absolute Gasteiger partial charge is 0.469 e. The number of carbonyl (C=O) groups excluding carboxylic acids is 1.